The van der Waals surface area contributed by atoms with Crippen LogP contribution in [0.5, 0.6) is 0 Å². The molecule has 0 radical (unpaired) electrons. The molecule has 4 N–H and O–H groups in total. The number of ether oxygens (including phenoxy) is 1. The Morgan fingerprint density at radius 2 is 1.00 bits per heavy atom. The fraction of sp³-hybridized carbons (Fsp3) is 0.844. The summed E-state index contributed by atoms with van der Waals surface area (Å²) in [5.41, 5.74) is 5.47. The number of nitrogens with one attached hydrogen (secondary N) is 1. The molecule has 304 valence electrons. The minimum absolute atomic E-state index is 0.00930. The molecule has 2 atom stereocenters. The van der Waals surface area contributed by atoms with Crippen LogP contribution in [0.1, 0.15) is 226 Å². The number of allylic oxidation sites excluding steroid dienone is 4. The molecule has 0 aromatic heterocycles. The van der Waals surface area contributed by atoms with Crippen LogP contribution in [0.2, 0.25) is 0 Å². The summed E-state index contributed by atoms with van der Waals surface area (Å²) in [4.78, 5) is 36.2. The molecule has 0 aliphatic carbocycles. The molecule has 7 heteroatoms. The normalized spacial score (nSPS) is 12.8. The monoisotopic (exact) mass is 733 g/mol. The number of carboxylic acids is 1. The number of carboxylic acid groups (broad SMARTS) is 1. The Morgan fingerprint density at radius 1 is 0.558 bits per heavy atom. The van der Waals surface area contributed by atoms with Gasteiger partial charge in [-0.1, -0.05) is 154 Å². The number of unbranched alkanes of at least 4 members (excludes halogenated alkanes) is 22. The average molecular weight is 733 g/mol. The zero-order valence-corrected chi connectivity index (χ0v) is 34.2. The Morgan fingerprint density at radius 3 is 1.50 bits per heavy atom. The van der Waals surface area contributed by atoms with Crippen molar-refractivity contribution >= 4 is 17.8 Å². The Labute approximate surface area is 321 Å². The molecule has 0 heterocycles. The Balaban J connectivity index is 3.88. The molecule has 0 fully saturated rings. The maximum absolute atomic E-state index is 12.6. The largest absolute Gasteiger partial charge is 0.480 e. The first kappa shape index (κ1) is 49.9. The van der Waals surface area contributed by atoms with Gasteiger partial charge in [0.05, 0.1) is 0 Å². The Hall–Kier alpha value is -2.15. The number of aliphatic carboxylic acids is 1. The molecule has 0 aliphatic rings. The second-order valence-electron chi connectivity index (χ2n) is 15.1. The van der Waals surface area contributed by atoms with Crippen molar-refractivity contribution in [2.45, 2.75) is 238 Å². The van der Waals surface area contributed by atoms with Crippen molar-refractivity contribution in [2.24, 2.45) is 5.73 Å². The predicted molar refractivity (Wildman–Crippen MR) is 220 cm³/mol. The van der Waals surface area contributed by atoms with Gasteiger partial charge in [0, 0.05) is 12.8 Å². The van der Waals surface area contributed by atoms with E-state index in [1.807, 2.05) is 0 Å². The Bertz CT molecular complexity index is 874. The molecule has 0 saturated carbocycles. The van der Waals surface area contributed by atoms with Crippen molar-refractivity contribution in [1.29, 1.82) is 0 Å². The Kier molecular flexibility index (Phi) is 38.4. The highest BCUT2D eigenvalue weighted by Gasteiger charge is 2.19. The summed E-state index contributed by atoms with van der Waals surface area (Å²) in [6.07, 6.45) is 45.4. The smallest absolute Gasteiger partial charge is 0.326 e. The van der Waals surface area contributed by atoms with Gasteiger partial charge in [-0.25, -0.2) is 4.79 Å². The van der Waals surface area contributed by atoms with Gasteiger partial charge in [0.2, 0.25) is 5.91 Å². The molecule has 0 rings (SSSR count). The second-order valence-corrected chi connectivity index (χ2v) is 15.1. The van der Waals surface area contributed by atoms with Gasteiger partial charge < -0.3 is 20.9 Å². The van der Waals surface area contributed by atoms with Crippen molar-refractivity contribution in [2.75, 3.05) is 6.54 Å². The molecule has 52 heavy (non-hydrogen) atoms. The van der Waals surface area contributed by atoms with E-state index in [1.54, 1.807) is 0 Å². The van der Waals surface area contributed by atoms with Gasteiger partial charge >= 0.3 is 11.9 Å². The molecular weight excluding hydrogens is 649 g/mol. The SMILES string of the molecule is CCCCCCC/C=C\C/C=C\CCCCCCCCCCCCCC(=O)OC(CCCCCC)CCCCCCC(=O)NC(CCCN)C(=O)O. The first-order valence-electron chi connectivity index (χ1n) is 22.2. The van der Waals surface area contributed by atoms with Crippen LogP contribution >= 0.6 is 0 Å². The van der Waals surface area contributed by atoms with Gasteiger partial charge in [-0.15, -0.1) is 0 Å². The summed E-state index contributed by atoms with van der Waals surface area (Å²) in [5, 5.41) is 11.9. The molecule has 0 aromatic carbocycles. The van der Waals surface area contributed by atoms with Crippen LogP contribution in [0.15, 0.2) is 24.3 Å². The fourth-order valence-electron chi connectivity index (χ4n) is 6.66. The van der Waals surface area contributed by atoms with E-state index in [0.717, 1.165) is 64.2 Å². The van der Waals surface area contributed by atoms with Gasteiger partial charge in [-0.3, -0.25) is 9.59 Å². The molecule has 7 nitrogen and oxygen atoms in total. The standard InChI is InChI=1S/C45H84N2O5/c1-3-5-7-9-10-11-12-13-14-15-16-17-18-19-20-21-22-23-24-25-26-27-33-39-44(49)52-41(35-30-8-6-4-2)36-31-28-29-32-38-43(48)47-42(45(50)51)37-34-40-46/h12-13,15-16,41-42H,3-11,14,17-40,46H2,1-2H3,(H,47,48)(H,50,51)/b13-12-,16-15-. The number of rotatable bonds is 40. The quantitative estimate of drug-likeness (QED) is 0.0328. The third kappa shape index (κ3) is 36.2. The summed E-state index contributed by atoms with van der Waals surface area (Å²) in [5.74, 6) is -1.27. The lowest BCUT2D eigenvalue weighted by atomic mass is 10.0. The lowest BCUT2D eigenvalue weighted by Crippen LogP contribution is -2.40. The minimum atomic E-state index is -1.01. The number of amides is 1. The number of nitrogens with two attached hydrogens (primary N) is 1. The van der Waals surface area contributed by atoms with Gasteiger partial charge in [0.15, 0.2) is 0 Å². The van der Waals surface area contributed by atoms with E-state index < -0.39 is 12.0 Å². The third-order valence-corrected chi connectivity index (χ3v) is 10.0. The molecule has 2 unspecified atom stereocenters. The molecule has 0 saturated heterocycles. The van der Waals surface area contributed by atoms with E-state index in [2.05, 4.69) is 43.5 Å². The summed E-state index contributed by atoms with van der Waals surface area (Å²) in [6, 6.07) is -0.861. The minimum Gasteiger partial charge on any atom is -0.480 e. The van der Waals surface area contributed by atoms with Crippen molar-refractivity contribution in [1.82, 2.24) is 5.32 Å². The summed E-state index contributed by atoms with van der Waals surface area (Å²) < 4.78 is 5.95. The number of hydrogen-bond donors (Lipinski definition) is 3. The molecule has 0 aliphatic heterocycles. The lowest BCUT2D eigenvalue weighted by molar-refractivity contribution is -0.150. The van der Waals surface area contributed by atoms with Crippen LogP contribution in [0.3, 0.4) is 0 Å². The number of carbonyl (C=O) groups is 3. The van der Waals surface area contributed by atoms with Gasteiger partial charge in [-0.2, -0.15) is 0 Å². The number of carbonyl (C=O) groups excluding carboxylic acids is 2. The predicted octanol–water partition coefficient (Wildman–Crippen LogP) is 12.5. The lowest BCUT2D eigenvalue weighted by Gasteiger charge is -2.18. The van der Waals surface area contributed by atoms with Gasteiger partial charge in [0.1, 0.15) is 12.1 Å². The highest BCUT2D eigenvalue weighted by molar-refractivity contribution is 5.83. The first-order chi connectivity index (χ1) is 25.4. The van der Waals surface area contributed by atoms with E-state index in [4.69, 9.17) is 10.5 Å². The molecule has 0 spiro atoms. The topological polar surface area (TPSA) is 119 Å². The molecule has 1 amide bonds. The second kappa shape index (κ2) is 40.0. The van der Waals surface area contributed by atoms with Crippen LogP contribution in [-0.2, 0) is 19.1 Å². The van der Waals surface area contributed by atoms with Crippen LogP contribution in [0.25, 0.3) is 0 Å². The van der Waals surface area contributed by atoms with Crippen molar-refractivity contribution in [3.05, 3.63) is 24.3 Å². The number of hydrogen-bond acceptors (Lipinski definition) is 5. The van der Waals surface area contributed by atoms with E-state index in [0.29, 0.717) is 32.2 Å². The van der Waals surface area contributed by atoms with Crippen molar-refractivity contribution in [3.8, 4) is 0 Å². The molecule has 0 aromatic rings. The van der Waals surface area contributed by atoms with E-state index >= 15 is 0 Å². The molecule has 0 bridgehead atoms. The van der Waals surface area contributed by atoms with Crippen LogP contribution < -0.4 is 11.1 Å². The van der Waals surface area contributed by atoms with E-state index in [-0.39, 0.29) is 18.0 Å². The van der Waals surface area contributed by atoms with E-state index in [9.17, 15) is 19.5 Å². The maximum atomic E-state index is 12.6. The van der Waals surface area contributed by atoms with Crippen LogP contribution in [-0.4, -0.2) is 41.6 Å². The fourth-order valence-corrected chi connectivity index (χ4v) is 6.66. The van der Waals surface area contributed by atoms with Crippen LogP contribution in [0, 0.1) is 0 Å². The van der Waals surface area contributed by atoms with Crippen LogP contribution in [0.4, 0.5) is 0 Å². The molecular formula is C45H84N2O5. The summed E-state index contributed by atoms with van der Waals surface area (Å²) in [6.45, 7) is 4.89. The van der Waals surface area contributed by atoms with E-state index in [1.165, 1.54) is 122 Å². The number of esters is 1. The van der Waals surface area contributed by atoms with Gasteiger partial charge in [-0.05, 0) is 90.0 Å². The van der Waals surface area contributed by atoms with Crippen molar-refractivity contribution in [3.63, 3.8) is 0 Å². The highest BCUT2D eigenvalue weighted by atomic mass is 16.5. The third-order valence-electron chi connectivity index (χ3n) is 10.0. The highest BCUT2D eigenvalue weighted by Crippen LogP contribution is 2.18. The summed E-state index contributed by atoms with van der Waals surface area (Å²) >= 11 is 0. The average Bonchev–Trinajstić information content (AvgIpc) is 3.13. The maximum Gasteiger partial charge on any atom is 0.326 e. The zero-order chi connectivity index (χ0) is 38.2. The van der Waals surface area contributed by atoms with Crippen molar-refractivity contribution < 1.29 is 24.2 Å². The van der Waals surface area contributed by atoms with Gasteiger partial charge in [0.25, 0.3) is 0 Å². The first-order valence-corrected chi connectivity index (χ1v) is 22.2. The summed E-state index contributed by atoms with van der Waals surface area (Å²) in [7, 11) is 0. The zero-order valence-electron chi connectivity index (χ0n) is 34.2.